The fraction of sp³-hybridized carbons (Fsp3) is 0.417. The van der Waals surface area contributed by atoms with E-state index in [0.717, 1.165) is 24.8 Å². The molecule has 1 spiro atoms. The van der Waals surface area contributed by atoms with Crippen LogP contribution in [-0.2, 0) is 21.2 Å². The van der Waals surface area contributed by atoms with Crippen LogP contribution in [-0.4, -0.2) is 61.6 Å². The van der Waals surface area contributed by atoms with Gasteiger partial charge in [0.15, 0.2) is 9.84 Å². The first-order valence-corrected chi connectivity index (χ1v) is 13.0. The molecule has 0 unspecified atom stereocenters. The average Bonchev–Trinajstić information content (AvgIpc) is 3.03. The maximum absolute atomic E-state index is 13.2. The smallest absolute Gasteiger partial charge is 0.324 e. The van der Waals surface area contributed by atoms with E-state index in [1.54, 1.807) is 12.1 Å². The van der Waals surface area contributed by atoms with Crippen molar-refractivity contribution in [1.82, 2.24) is 15.1 Å². The number of hydrogen-bond donors (Lipinski definition) is 2. The third kappa shape index (κ3) is 5.10. The molecule has 1 atom stereocenters. The van der Waals surface area contributed by atoms with Crippen LogP contribution in [0.25, 0.3) is 0 Å². The molecule has 3 amide bonds. The van der Waals surface area contributed by atoms with Gasteiger partial charge in [0, 0.05) is 25.4 Å². The Morgan fingerprint density at radius 2 is 1.67 bits per heavy atom. The standard InChI is InChI=1S/C24H30N4O4S/c1-33(31,32)20-9-7-18(8-10-20)17-28-22(29)24(26-23(28)30)12-15-27(16-13-24)14-11-21(25)19-5-3-2-4-6-19/h2-10,21H,11-17,25H2,1H3,(H,26,30)/t21-/m0/s1. The summed E-state index contributed by atoms with van der Waals surface area (Å²) in [5.74, 6) is -0.208. The summed E-state index contributed by atoms with van der Waals surface area (Å²) in [6.45, 7) is 2.38. The minimum Gasteiger partial charge on any atom is -0.324 e. The largest absolute Gasteiger partial charge is 0.325 e. The van der Waals surface area contributed by atoms with Crippen LogP contribution < -0.4 is 11.1 Å². The summed E-state index contributed by atoms with van der Waals surface area (Å²) >= 11 is 0. The Bertz CT molecular complexity index is 1110. The zero-order valence-electron chi connectivity index (χ0n) is 18.7. The molecule has 0 aromatic heterocycles. The zero-order chi connectivity index (χ0) is 23.6. The van der Waals surface area contributed by atoms with Crippen LogP contribution in [0.4, 0.5) is 4.79 Å². The summed E-state index contributed by atoms with van der Waals surface area (Å²) < 4.78 is 23.3. The number of amides is 3. The fourth-order valence-electron chi connectivity index (χ4n) is 4.53. The third-order valence-electron chi connectivity index (χ3n) is 6.63. The molecule has 0 aliphatic carbocycles. The Labute approximate surface area is 194 Å². The third-order valence-corrected chi connectivity index (χ3v) is 7.76. The van der Waals surface area contributed by atoms with E-state index in [1.165, 1.54) is 17.0 Å². The number of carbonyl (C=O) groups excluding carboxylic acids is 2. The van der Waals surface area contributed by atoms with Crippen molar-refractivity contribution < 1.29 is 18.0 Å². The van der Waals surface area contributed by atoms with Gasteiger partial charge in [0.1, 0.15) is 5.54 Å². The Morgan fingerprint density at radius 3 is 2.27 bits per heavy atom. The summed E-state index contributed by atoms with van der Waals surface area (Å²) in [4.78, 5) is 29.5. The molecule has 176 valence electrons. The van der Waals surface area contributed by atoms with Crippen molar-refractivity contribution in [3.8, 4) is 0 Å². The highest BCUT2D eigenvalue weighted by atomic mass is 32.2. The molecule has 33 heavy (non-hydrogen) atoms. The maximum atomic E-state index is 13.2. The molecular formula is C24H30N4O4S. The predicted octanol–water partition coefficient (Wildman–Crippen LogP) is 2.07. The van der Waals surface area contributed by atoms with Crippen LogP contribution in [0.1, 0.15) is 36.4 Å². The Morgan fingerprint density at radius 1 is 1.03 bits per heavy atom. The fourth-order valence-corrected chi connectivity index (χ4v) is 5.16. The van der Waals surface area contributed by atoms with Crippen LogP contribution in [0.15, 0.2) is 59.5 Å². The second-order valence-electron chi connectivity index (χ2n) is 8.97. The van der Waals surface area contributed by atoms with Gasteiger partial charge in [-0.3, -0.25) is 9.69 Å². The SMILES string of the molecule is CS(=O)(=O)c1ccc(CN2C(=O)NC3(CCN(CC[C@H](N)c4ccccc4)CC3)C2=O)cc1. The molecule has 2 fully saturated rings. The van der Waals surface area contributed by atoms with E-state index in [1.807, 2.05) is 30.3 Å². The zero-order valence-corrected chi connectivity index (χ0v) is 19.6. The molecule has 4 rings (SSSR count). The number of nitrogens with one attached hydrogen (secondary N) is 1. The van der Waals surface area contributed by atoms with Gasteiger partial charge in [0.05, 0.1) is 11.4 Å². The number of imide groups is 1. The van der Waals surface area contributed by atoms with Crippen molar-refractivity contribution in [2.75, 3.05) is 25.9 Å². The lowest BCUT2D eigenvalue weighted by Gasteiger charge is -2.37. The first kappa shape index (κ1) is 23.4. The molecule has 8 nitrogen and oxygen atoms in total. The molecule has 0 bridgehead atoms. The minimum atomic E-state index is -3.29. The molecule has 2 aromatic rings. The number of carbonyl (C=O) groups is 2. The Kier molecular flexibility index (Phi) is 6.56. The van der Waals surface area contributed by atoms with Gasteiger partial charge in [0.25, 0.3) is 5.91 Å². The first-order valence-electron chi connectivity index (χ1n) is 11.1. The van der Waals surface area contributed by atoms with Gasteiger partial charge in [-0.05, 0) is 49.1 Å². The highest BCUT2D eigenvalue weighted by molar-refractivity contribution is 7.90. The molecule has 2 aliphatic heterocycles. The number of nitrogens with two attached hydrogens (primary N) is 1. The first-order chi connectivity index (χ1) is 15.7. The van der Waals surface area contributed by atoms with Gasteiger partial charge in [-0.2, -0.15) is 0 Å². The molecule has 0 radical (unpaired) electrons. The second kappa shape index (κ2) is 9.24. The summed E-state index contributed by atoms with van der Waals surface area (Å²) in [7, 11) is -3.29. The summed E-state index contributed by atoms with van der Waals surface area (Å²) in [6.07, 6.45) is 3.08. The monoisotopic (exact) mass is 470 g/mol. The molecule has 2 saturated heterocycles. The van der Waals surface area contributed by atoms with E-state index in [9.17, 15) is 18.0 Å². The van der Waals surface area contributed by atoms with Crippen molar-refractivity contribution >= 4 is 21.8 Å². The van der Waals surface area contributed by atoms with Crippen LogP contribution in [0, 0.1) is 0 Å². The van der Waals surface area contributed by atoms with E-state index >= 15 is 0 Å². The highest BCUT2D eigenvalue weighted by Gasteiger charge is 2.52. The van der Waals surface area contributed by atoms with Crippen molar-refractivity contribution in [1.29, 1.82) is 0 Å². The lowest BCUT2D eigenvalue weighted by atomic mass is 9.87. The number of piperidine rings is 1. The second-order valence-corrected chi connectivity index (χ2v) is 11.0. The summed E-state index contributed by atoms with van der Waals surface area (Å²) in [6, 6.07) is 15.9. The lowest BCUT2D eigenvalue weighted by Crippen LogP contribution is -2.55. The highest BCUT2D eigenvalue weighted by Crippen LogP contribution is 2.31. The van der Waals surface area contributed by atoms with Crippen molar-refractivity contribution in [2.24, 2.45) is 5.73 Å². The molecule has 9 heteroatoms. The van der Waals surface area contributed by atoms with E-state index < -0.39 is 21.4 Å². The average molecular weight is 471 g/mol. The van der Waals surface area contributed by atoms with E-state index in [4.69, 9.17) is 5.73 Å². The van der Waals surface area contributed by atoms with Gasteiger partial charge in [-0.25, -0.2) is 13.2 Å². The van der Waals surface area contributed by atoms with Gasteiger partial charge in [-0.15, -0.1) is 0 Å². The van der Waals surface area contributed by atoms with Gasteiger partial charge >= 0.3 is 6.03 Å². The molecule has 2 aliphatic rings. The molecule has 2 aromatic carbocycles. The number of benzene rings is 2. The van der Waals surface area contributed by atoms with E-state index in [0.29, 0.717) is 31.5 Å². The normalized spacial score (nSPS) is 19.6. The Balaban J connectivity index is 1.33. The number of rotatable bonds is 7. The van der Waals surface area contributed by atoms with Gasteiger partial charge < -0.3 is 16.0 Å². The van der Waals surface area contributed by atoms with Crippen molar-refractivity contribution in [3.63, 3.8) is 0 Å². The van der Waals surface area contributed by atoms with Crippen LogP contribution in [0.2, 0.25) is 0 Å². The lowest BCUT2D eigenvalue weighted by molar-refractivity contribution is -0.133. The van der Waals surface area contributed by atoms with E-state index in [-0.39, 0.29) is 23.4 Å². The number of urea groups is 1. The minimum absolute atomic E-state index is 0.0283. The number of likely N-dealkylation sites (tertiary alicyclic amines) is 1. The summed E-state index contributed by atoms with van der Waals surface area (Å²) in [5.41, 5.74) is 7.27. The van der Waals surface area contributed by atoms with Gasteiger partial charge in [0.2, 0.25) is 0 Å². The molecule has 0 saturated carbocycles. The van der Waals surface area contributed by atoms with Crippen LogP contribution in [0.5, 0.6) is 0 Å². The molecular weight excluding hydrogens is 440 g/mol. The molecule has 3 N–H and O–H groups in total. The van der Waals surface area contributed by atoms with Gasteiger partial charge in [-0.1, -0.05) is 42.5 Å². The quantitative estimate of drug-likeness (QED) is 0.599. The Hall–Kier alpha value is -2.75. The van der Waals surface area contributed by atoms with Crippen LogP contribution >= 0.6 is 0 Å². The topological polar surface area (TPSA) is 113 Å². The predicted molar refractivity (Wildman–Crippen MR) is 125 cm³/mol. The number of hydrogen-bond acceptors (Lipinski definition) is 6. The van der Waals surface area contributed by atoms with Crippen molar-refractivity contribution in [3.05, 3.63) is 65.7 Å². The summed E-state index contributed by atoms with van der Waals surface area (Å²) in [5, 5.41) is 2.93. The van der Waals surface area contributed by atoms with E-state index in [2.05, 4.69) is 10.2 Å². The van der Waals surface area contributed by atoms with Crippen LogP contribution in [0.3, 0.4) is 0 Å². The number of nitrogens with zero attached hydrogens (tertiary/aromatic N) is 2. The number of sulfone groups is 1. The van der Waals surface area contributed by atoms with Crippen molar-refractivity contribution in [2.45, 2.75) is 42.3 Å². The maximum Gasteiger partial charge on any atom is 0.325 e. The molecule has 2 heterocycles.